The number of thioether (sulfide) groups is 1. The molecule has 0 saturated carbocycles. The second-order valence-corrected chi connectivity index (χ2v) is 6.39. The van der Waals surface area contributed by atoms with E-state index < -0.39 is 0 Å². The van der Waals surface area contributed by atoms with Crippen molar-refractivity contribution in [3.63, 3.8) is 0 Å². The molecule has 5 heteroatoms. The molecule has 0 aromatic heterocycles. The van der Waals surface area contributed by atoms with E-state index in [0.717, 1.165) is 22.2 Å². The maximum Gasteiger partial charge on any atom is 0.305 e. The molecule has 0 saturated heterocycles. The molecule has 0 aliphatic rings. The summed E-state index contributed by atoms with van der Waals surface area (Å²) in [5.41, 5.74) is 2.15. The van der Waals surface area contributed by atoms with E-state index in [4.69, 9.17) is 10.00 Å². The van der Waals surface area contributed by atoms with E-state index in [0.29, 0.717) is 37.0 Å². The van der Waals surface area contributed by atoms with Gasteiger partial charge in [-0.05, 0) is 61.4 Å². The summed E-state index contributed by atoms with van der Waals surface area (Å²) in [5.74, 6) is -0.210. The Morgan fingerprint density at radius 1 is 1.12 bits per heavy atom. The average Bonchev–Trinajstić information content (AvgIpc) is 2.63. The highest BCUT2D eigenvalue weighted by Crippen LogP contribution is 2.25. The van der Waals surface area contributed by atoms with Crippen LogP contribution in [0.15, 0.2) is 53.4 Å². The van der Waals surface area contributed by atoms with Gasteiger partial charge in [0.1, 0.15) is 0 Å². The first-order chi connectivity index (χ1) is 12.1. The third-order valence-electron chi connectivity index (χ3n) is 3.56. The summed E-state index contributed by atoms with van der Waals surface area (Å²) in [5, 5.41) is 8.78. The molecule has 0 N–H and O–H groups in total. The Morgan fingerprint density at radius 3 is 2.52 bits per heavy atom. The molecule has 2 rings (SSSR count). The van der Waals surface area contributed by atoms with Gasteiger partial charge in [-0.3, -0.25) is 9.59 Å². The van der Waals surface area contributed by atoms with Gasteiger partial charge in [-0.15, -0.1) is 0 Å². The van der Waals surface area contributed by atoms with Gasteiger partial charge in [0.2, 0.25) is 5.12 Å². The minimum atomic E-state index is -0.210. The van der Waals surface area contributed by atoms with Crippen LogP contribution in [0.1, 0.15) is 41.3 Å². The van der Waals surface area contributed by atoms with Gasteiger partial charge in [-0.1, -0.05) is 24.3 Å². The average molecular weight is 353 g/mol. The van der Waals surface area contributed by atoms with Gasteiger partial charge in [0.15, 0.2) is 0 Å². The third-order valence-corrected chi connectivity index (χ3v) is 4.48. The molecule has 0 atom stereocenters. The molecule has 0 amide bonds. The molecule has 2 aromatic carbocycles. The quantitative estimate of drug-likeness (QED) is 0.546. The zero-order valence-corrected chi connectivity index (χ0v) is 14.8. The van der Waals surface area contributed by atoms with E-state index in [1.807, 2.05) is 18.2 Å². The highest BCUT2D eigenvalue weighted by atomic mass is 32.2. The molecular formula is C20H19NO3S. The van der Waals surface area contributed by atoms with E-state index in [1.54, 1.807) is 37.3 Å². The zero-order chi connectivity index (χ0) is 18.1. The summed E-state index contributed by atoms with van der Waals surface area (Å²) in [6.07, 6.45) is 1.64. The number of nitriles is 1. The normalized spacial score (nSPS) is 10.1. The Balaban J connectivity index is 2.01. The zero-order valence-electron chi connectivity index (χ0n) is 14.0. The minimum Gasteiger partial charge on any atom is -0.466 e. The maximum atomic E-state index is 12.6. The molecule has 0 radical (unpaired) electrons. The van der Waals surface area contributed by atoms with Crippen LogP contribution < -0.4 is 0 Å². The van der Waals surface area contributed by atoms with Gasteiger partial charge in [0.05, 0.1) is 18.2 Å². The largest absolute Gasteiger partial charge is 0.466 e. The Kier molecular flexibility index (Phi) is 7.24. The molecule has 4 nitrogen and oxygen atoms in total. The molecule has 0 aliphatic carbocycles. The van der Waals surface area contributed by atoms with E-state index in [1.165, 1.54) is 0 Å². The minimum absolute atomic E-state index is 0.0450. The molecule has 0 bridgehead atoms. The lowest BCUT2D eigenvalue weighted by Gasteiger charge is -2.08. The number of nitrogens with zero attached hydrogens (tertiary/aromatic N) is 1. The van der Waals surface area contributed by atoms with E-state index in [9.17, 15) is 9.59 Å². The number of aryl methyl sites for hydroxylation is 1. The van der Waals surface area contributed by atoms with Crippen molar-refractivity contribution in [1.29, 1.82) is 5.26 Å². The molecule has 0 spiro atoms. The fourth-order valence-electron chi connectivity index (χ4n) is 2.35. The first-order valence-electron chi connectivity index (χ1n) is 8.10. The number of carbonyl (C=O) groups excluding carboxylic acids is 2. The predicted octanol–water partition coefficient (Wildman–Crippen LogP) is 4.38. The van der Waals surface area contributed by atoms with Crippen LogP contribution in [0.5, 0.6) is 0 Å². The second-order valence-electron chi connectivity index (χ2n) is 5.34. The van der Waals surface area contributed by atoms with Gasteiger partial charge in [0.25, 0.3) is 0 Å². The van der Waals surface area contributed by atoms with Crippen LogP contribution in [0, 0.1) is 11.3 Å². The highest BCUT2D eigenvalue weighted by molar-refractivity contribution is 8.14. The first kappa shape index (κ1) is 18.8. The van der Waals surface area contributed by atoms with Crippen molar-refractivity contribution < 1.29 is 14.3 Å². The fourth-order valence-corrected chi connectivity index (χ4v) is 3.15. The molecular weight excluding hydrogens is 334 g/mol. The summed E-state index contributed by atoms with van der Waals surface area (Å²) >= 11 is 1.14. The van der Waals surface area contributed by atoms with Crippen LogP contribution in [-0.4, -0.2) is 17.7 Å². The van der Waals surface area contributed by atoms with E-state index >= 15 is 0 Å². The molecule has 128 valence electrons. The summed E-state index contributed by atoms with van der Waals surface area (Å²) in [7, 11) is 0. The van der Waals surface area contributed by atoms with Crippen molar-refractivity contribution in [1.82, 2.24) is 0 Å². The van der Waals surface area contributed by atoms with Crippen molar-refractivity contribution in [2.24, 2.45) is 0 Å². The van der Waals surface area contributed by atoms with Crippen LogP contribution in [0.25, 0.3) is 0 Å². The van der Waals surface area contributed by atoms with Crippen molar-refractivity contribution in [2.75, 3.05) is 6.61 Å². The number of ether oxygens (including phenoxy) is 1. The standard InChI is InChI=1S/C20H19NO3S/c1-2-24-19(22)9-5-7-16-6-3-4-8-18(16)20(23)25-17-12-10-15(14-21)11-13-17/h3-4,6,8,10-13H,2,5,7,9H2,1H3. The molecule has 0 heterocycles. The second kappa shape index (κ2) is 9.65. The van der Waals surface area contributed by atoms with Crippen molar-refractivity contribution >= 4 is 22.8 Å². The number of hydrogen-bond acceptors (Lipinski definition) is 5. The van der Waals surface area contributed by atoms with Gasteiger partial charge < -0.3 is 4.74 Å². The number of rotatable bonds is 7. The van der Waals surface area contributed by atoms with Gasteiger partial charge >= 0.3 is 5.97 Å². The van der Waals surface area contributed by atoms with Gasteiger partial charge in [-0.2, -0.15) is 5.26 Å². The lowest BCUT2D eigenvalue weighted by atomic mass is 10.0. The summed E-state index contributed by atoms with van der Waals surface area (Å²) in [6.45, 7) is 2.17. The maximum absolute atomic E-state index is 12.6. The lowest BCUT2D eigenvalue weighted by molar-refractivity contribution is -0.143. The van der Waals surface area contributed by atoms with E-state index in [2.05, 4.69) is 6.07 Å². The Bertz CT molecular complexity index is 778. The number of carbonyl (C=O) groups is 2. The Morgan fingerprint density at radius 2 is 1.84 bits per heavy atom. The van der Waals surface area contributed by atoms with Gasteiger partial charge in [-0.25, -0.2) is 0 Å². The molecule has 0 aliphatic heterocycles. The van der Waals surface area contributed by atoms with E-state index in [-0.39, 0.29) is 11.1 Å². The van der Waals surface area contributed by atoms with Crippen LogP contribution in [0.2, 0.25) is 0 Å². The number of esters is 1. The SMILES string of the molecule is CCOC(=O)CCCc1ccccc1C(=O)Sc1ccc(C#N)cc1. The summed E-state index contributed by atoms with van der Waals surface area (Å²) in [4.78, 5) is 24.8. The van der Waals surface area contributed by atoms with Crippen LogP contribution >= 0.6 is 11.8 Å². The van der Waals surface area contributed by atoms with Crippen molar-refractivity contribution in [2.45, 2.75) is 31.1 Å². The molecule has 2 aromatic rings. The van der Waals surface area contributed by atoms with Crippen molar-refractivity contribution in [3.05, 3.63) is 65.2 Å². The molecule has 0 unspecified atom stereocenters. The monoisotopic (exact) mass is 353 g/mol. The summed E-state index contributed by atoms with van der Waals surface area (Å²) in [6, 6.07) is 16.4. The van der Waals surface area contributed by atoms with Crippen LogP contribution in [-0.2, 0) is 16.0 Å². The van der Waals surface area contributed by atoms with Crippen molar-refractivity contribution in [3.8, 4) is 6.07 Å². The Hall–Kier alpha value is -2.58. The number of hydrogen-bond donors (Lipinski definition) is 0. The highest BCUT2D eigenvalue weighted by Gasteiger charge is 2.13. The molecule has 25 heavy (non-hydrogen) atoms. The molecule has 0 fully saturated rings. The number of benzene rings is 2. The first-order valence-corrected chi connectivity index (χ1v) is 8.91. The van der Waals surface area contributed by atoms with Crippen LogP contribution in [0.3, 0.4) is 0 Å². The summed E-state index contributed by atoms with van der Waals surface area (Å²) < 4.78 is 4.92. The third kappa shape index (κ3) is 5.77. The predicted molar refractivity (Wildman–Crippen MR) is 97.4 cm³/mol. The van der Waals surface area contributed by atoms with Gasteiger partial charge in [0, 0.05) is 16.9 Å². The Labute approximate surface area is 151 Å². The fraction of sp³-hybridized carbons (Fsp3) is 0.250. The lowest BCUT2D eigenvalue weighted by Crippen LogP contribution is -2.05. The topological polar surface area (TPSA) is 67.2 Å². The smallest absolute Gasteiger partial charge is 0.305 e. The van der Waals surface area contributed by atoms with Crippen LogP contribution in [0.4, 0.5) is 0 Å².